The van der Waals surface area contributed by atoms with Gasteiger partial charge in [-0.1, -0.05) is 5.16 Å². The second kappa shape index (κ2) is 4.27. The van der Waals surface area contributed by atoms with Crippen LogP contribution >= 0.6 is 27.3 Å². The molecule has 6 heteroatoms. The molecule has 0 unspecified atom stereocenters. The van der Waals surface area contributed by atoms with Gasteiger partial charge in [0.05, 0.1) is 14.4 Å². The zero-order valence-corrected chi connectivity index (χ0v) is 11.2. The molecule has 1 N–H and O–H groups in total. The van der Waals surface area contributed by atoms with E-state index in [1.165, 1.54) is 11.3 Å². The van der Waals surface area contributed by atoms with Gasteiger partial charge in [0.1, 0.15) is 0 Å². The number of carbonyl (C=O) groups excluding carboxylic acids is 1. The van der Waals surface area contributed by atoms with Crippen molar-refractivity contribution in [3.05, 3.63) is 32.1 Å². The summed E-state index contributed by atoms with van der Waals surface area (Å²) in [5.41, 5.74) is 2.03. The zero-order valence-electron chi connectivity index (χ0n) is 8.83. The van der Waals surface area contributed by atoms with Gasteiger partial charge in [-0.2, -0.15) is 0 Å². The molecule has 4 nitrogen and oxygen atoms in total. The highest BCUT2D eigenvalue weighted by atomic mass is 79.9. The lowest BCUT2D eigenvalue weighted by Crippen LogP contribution is -2.10. The number of aryl methyl sites for hydroxylation is 1. The molecule has 88 valence electrons. The summed E-state index contributed by atoms with van der Waals surface area (Å²) in [5, 5.41) is 6.73. The number of thiophene rings is 1. The first-order valence-corrected chi connectivity index (χ1v) is 6.89. The maximum absolute atomic E-state index is 11.9. The highest BCUT2D eigenvalue weighted by Gasteiger charge is 2.22. The first kappa shape index (κ1) is 11.0. The van der Waals surface area contributed by atoms with Crippen molar-refractivity contribution in [3.63, 3.8) is 0 Å². The van der Waals surface area contributed by atoms with Crippen LogP contribution in [0.1, 0.15) is 27.3 Å². The zero-order chi connectivity index (χ0) is 11.8. The molecule has 2 aromatic rings. The van der Waals surface area contributed by atoms with E-state index in [1.54, 1.807) is 6.07 Å². The van der Waals surface area contributed by atoms with Gasteiger partial charge in [0.25, 0.3) is 5.91 Å². The molecule has 17 heavy (non-hydrogen) atoms. The number of aromatic nitrogens is 1. The number of hydrogen-bond donors (Lipinski definition) is 1. The molecule has 0 atom stereocenters. The second-order valence-corrected chi connectivity index (χ2v) is 6.31. The van der Waals surface area contributed by atoms with Gasteiger partial charge in [-0.3, -0.25) is 10.1 Å². The number of rotatable bonds is 2. The van der Waals surface area contributed by atoms with Crippen LogP contribution in [0.25, 0.3) is 0 Å². The van der Waals surface area contributed by atoms with Gasteiger partial charge >= 0.3 is 0 Å². The Labute approximate surface area is 110 Å². The third kappa shape index (κ3) is 2.02. The molecule has 0 aliphatic heterocycles. The smallest absolute Gasteiger partial charge is 0.268 e. The van der Waals surface area contributed by atoms with E-state index in [4.69, 9.17) is 4.52 Å². The fourth-order valence-electron chi connectivity index (χ4n) is 1.93. The minimum Gasteiger partial charge on any atom is -0.338 e. The highest BCUT2D eigenvalue weighted by molar-refractivity contribution is 9.11. The molecule has 1 aliphatic carbocycles. The number of nitrogens with one attached hydrogen (secondary N) is 1. The molecule has 1 aliphatic rings. The summed E-state index contributed by atoms with van der Waals surface area (Å²) in [6.07, 6.45) is 2.96. The van der Waals surface area contributed by atoms with Crippen LogP contribution in [0.5, 0.6) is 0 Å². The number of fused-ring (bicyclic) bond motifs is 1. The number of anilines is 1. The predicted molar refractivity (Wildman–Crippen MR) is 68.5 cm³/mol. The van der Waals surface area contributed by atoms with Crippen LogP contribution in [0.4, 0.5) is 5.88 Å². The Morgan fingerprint density at radius 3 is 3.12 bits per heavy atom. The fourth-order valence-corrected chi connectivity index (χ4v) is 3.21. The standard InChI is InChI=1S/C11H9BrN2O2S/c12-9-5-4-8(17-9)10(15)13-11-6-2-1-3-7(6)14-16-11/h4-5H,1-3H2,(H,13,15). The Bertz CT molecular complexity index is 576. The van der Waals surface area contributed by atoms with Gasteiger partial charge in [-0.15, -0.1) is 11.3 Å². The average molecular weight is 313 g/mol. The topological polar surface area (TPSA) is 55.1 Å². The van der Waals surface area contributed by atoms with E-state index in [2.05, 4.69) is 26.4 Å². The molecule has 2 aromatic heterocycles. The fraction of sp³-hybridized carbons (Fsp3) is 0.273. The lowest BCUT2D eigenvalue weighted by Gasteiger charge is -1.99. The summed E-state index contributed by atoms with van der Waals surface area (Å²) in [4.78, 5) is 12.6. The Kier molecular flexibility index (Phi) is 2.76. The van der Waals surface area contributed by atoms with Crippen molar-refractivity contribution in [3.8, 4) is 0 Å². The number of amides is 1. The molecule has 2 heterocycles. The third-order valence-electron chi connectivity index (χ3n) is 2.73. The van der Waals surface area contributed by atoms with Crippen molar-refractivity contribution in [2.45, 2.75) is 19.3 Å². The third-order valence-corrected chi connectivity index (χ3v) is 4.36. The number of halogens is 1. The minimum atomic E-state index is -0.147. The summed E-state index contributed by atoms with van der Waals surface area (Å²) in [6, 6.07) is 3.63. The van der Waals surface area contributed by atoms with Gasteiger partial charge in [0.2, 0.25) is 5.88 Å². The summed E-state index contributed by atoms with van der Waals surface area (Å²) < 4.78 is 6.08. The van der Waals surface area contributed by atoms with E-state index in [0.717, 1.165) is 34.3 Å². The van der Waals surface area contributed by atoms with Crippen LogP contribution in [-0.2, 0) is 12.8 Å². The van der Waals surface area contributed by atoms with Crippen LogP contribution in [0.15, 0.2) is 20.4 Å². The molecule has 0 radical (unpaired) electrons. The van der Waals surface area contributed by atoms with Gasteiger partial charge in [-0.05, 0) is 47.3 Å². The first-order chi connectivity index (χ1) is 8.24. The predicted octanol–water partition coefficient (Wildman–Crippen LogP) is 3.24. The van der Waals surface area contributed by atoms with Crippen LogP contribution < -0.4 is 5.32 Å². The van der Waals surface area contributed by atoms with E-state index >= 15 is 0 Å². The maximum atomic E-state index is 11.9. The summed E-state index contributed by atoms with van der Waals surface area (Å²) in [6.45, 7) is 0. The van der Waals surface area contributed by atoms with Crippen LogP contribution in [0.2, 0.25) is 0 Å². The van der Waals surface area contributed by atoms with Gasteiger partial charge in [-0.25, -0.2) is 0 Å². The van der Waals surface area contributed by atoms with Crippen LogP contribution in [-0.4, -0.2) is 11.1 Å². The quantitative estimate of drug-likeness (QED) is 0.926. The highest BCUT2D eigenvalue weighted by Crippen LogP contribution is 2.29. The Morgan fingerprint density at radius 2 is 2.35 bits per heavy atom. The van der Waals surface area contributed by atoms with E-state index in [9.17, 15) is 4.79 Å². The molecule has 1 amide bonds. The number of hydrogen-bond acceptors (Lipinski definition) is 4. The maximum Gasteiger partial charge on any atom is 0.268 e. The first-order valence-electron chi connectivity index (χ1n) is 5.28. The minimum absolute atomic E-state index is 0.147. The van der Waals surface area contributed by atoms with E-state index in [-0.39, 0.29) is 5.91 Å². The SMILES string of the molecule is O=C(Nc1onc2c1CCC2)c1ccc(Br)s1. The molecule has 0 spiro atoms. The summed E-state index contributed by atoms with van der Waals surface area (Å²) >= 11 is 4.72. The molecule has 0 saturated heterocycles. The molecule has 3 rings (SSSR count). The van der Waals surface area contributed by atoms with Gasteiger partial charge in [0, 0.05) is 5.56 Å². The van der Waals surface area contributed by atoms with Crippen molar-refractivity contribution in [2.75, 3.05) is 5.32 Å². The summed E-state index contributed by atoms with van der Waals surface area (Å²) in [7, 11) is 0. The van der Waals surface area contributed by atoms with Crippen molar-refractivity contribution in [1.82, 2.24) is 5.16 Å². The monoisotopic (exact) mass is 312 g/mol. The summed E-state index contributed by atoms with van der Waals surface area (Å²) in [5.74, 6) is 0.360. The molecule has 0 saturated carbocycles. The molecule has 0 bridgehead atoms. The Morgan fingerprint density at radius 1 is 1.47 bits per heavy atom. The molecule has 0 aromatic carbocycles. The lowest BCUT2D eigenvalue weighted by molar-refractivity contribution is 0.102. The van der Waals surface area contributed by atoms with Crippen molar-refractivity contribution in [1.29, 1.82) is 0 Å². The second-order valence-electron chi connectivity index (χ2n) is 3.85. The van der Waals surface area contributed by atoms with Gasteiger partial charge < -0.3 is 4.52 Å². The molecule has 0 fully saturated rings. The number of carbonyl (C=O) groups is 1. The van der Waals surface area contributed by atoms with Crippen LogP contribution in [0.3, 0.4) is 0 Å². The largest absolute Gasteiger partial charge is 0.338 e. The van der Waals surface area contributed by atoms with E-state index in [0.29, 0.717) is 10.8 Å². The normalized spacial score (nSPS) is 13.7. The van der Waals surface area contributed by atoms with E-state index in [1.807, 2.05) is 6.07 Å². The number of nitrogens with zero attached hydrogens (tertiary/aromatic N) is 1. The van der Waals surface area contributed by atoms with Gasteiger partial charge in [0.15, 0.2) is 0 Å². The van der Waals surface area contributed by atoms with Crippen molar-refractivity contribution in [2.24, 2.45) is 0 Å². The van der Waals surface area contributed by atoms with Crippen molar-refractivity contribution >= 4 is 39.1 Å². The lowest BCUT2D eigenvalue weighted by atomic mass is 10.2. The average Bonchev–Trinajstić information content (AvgIpc) is 2.96. The Hall–Kier alpha value is -1.14. The van der Waals surface area contributed by atoms with Crippen LogP contribution in [0, 0.1) is 0 Å². The Balaban J connectivity index is 1.81. The van der Waals surface area contributed by atoms with E-state index < -0.39 is 0 Å². The molecular formula is C11H9BrN2O2S. The van der Waals surface area contributed by atoms with Crippen molar-refractivity contribution < 1.29 is 9.32 Å². The molecular weight excluding hydrogens is 304 g/mol.